The number of carbonyl (C=O) groups is 1. The van der Waals surface area contributed by atoms with Crippen LogP contribution in [0.2, 0.25) is 0 Å². The highest BCUT2D eigenvalue weighted by molar-refractivity contribution is 6.02. The van der Waals surface area contributed by atoms with E-state index < -0.39 is 0 Å². The molecule has 0 aliphatic heterocycles. The Bertz CT molecular complexity index is 860. The van der Waals surface area contributed by atoms with E-state index in [-0.39, 0.29) is 5.91 Å². The normalized spacial score (nSPS) is 11.0. The van der Waals surface area contributed by atoms with Gasteiger partial charge in [0.05, 0.1) is 5.69 Å². The standard InChI is InChI=1S/C18H20N4O2/c1-11(2)14-5-7-15(8-6-14)22-12(3)9-16(20-22)18(23)19-17-10-13(4)24-21-17/h5-11H,1-4H3,(H,19,21,23). The average Bonchev–Trinajstić information content (AvgIpc) is 3.13. The van der Waals surface area contributed by atoms with E-state index >= 15 is 0 Å². The third kappa shape index (κ3) is 3.22. The van der Waals surface area contributed by atoms with Gasteiger partial charge in [-0.3, -0.25) is 4.79 Å². The summed E-state index contributed by atoms with van der Waals surface area (Å²) in [6.45, 7) is 7.99. The van der Waals surface area contributed by atoms with E-state index in [0.29, 0.717) is 23.2 Å². The summed E-state index contributed by atoms with van der Waals surface area (Å²) in [7, 11) is 0. The van der Waals surface area contributed by atoms with Gasteiger partial charge < -0.3 is 9.84 Å². The molecule has 1 aromatic carbocycles. The molecule has 0 aliphatic rings. The molecule has 6 nitrogen and oxygen atoms in total. The number of rotatable bonds is 4. The Morgan fingerprint density at radius 3 is 2.46 bits per heavy atom. The highest BCUT2D eigenvalue weighted by Crippen LogP contribution is 2.18. The summed E-state index contributed by atoms with van der Waals surface area (Å²) >= 11 is 0. The van der Waals surface area contributed by atoms with Crippen molar-refractivity contribution in [1.82, 2.24) is 14.9 Å². The summed E-state index contributed by atoms with van der Waals surface area (Å²) in [5.41, 5.74) is 3.41. The molecular weight excluding hydrogens is 304 g/mol. The Labute approximate surface area is 140 Å². The summed E-state index contributed by atoms with van der Waals surface area (Å²) in [4.78, 5) is 12.3. The lowest BCUT2D eigenvalue weighted by atomic mass is 10.0. The van der Waals surface area contributed by atoms with Crippen LogP contribution in [0.25, 0.3) is 5.69 Å². The van der Waals surface area contributed by atoms with E-state index in [1.54, 1.807) is 23.7 Å². The maximum atomic E-state index is 12.3. The van der Waals surface area contributed by atoms with Crippen molar-refractivity contribution >= 4 is 11.7 Å². The Morgan fingerprint density at radius 1 is 1.17 bits per heavy atom. The molecule has 3 aromatic rings. The molecule has 0 radical (unpaired) electrons. The highest BCUT2D eigenvalue weighted by Gasteiger charge is 2.15. The van der Waals surface area contributed by atoms with Gasteiger partial charge in [0.25, 0.3) is 5.91 Å². The van der Waals surface area contributed by atoms with Crippen LogP contribution in [0.15, 0.2) is 40.9 Å². The van der Waals surface area contributed by atoms with Crippen LogP contribution >= 0.6 is 0 Å². The third-order valence-corrected chi connectivity index (χ3v) is 3.79. The number of aromatic nitrogens is 3. The molecule has 3 rings (SSSR count). The molecule has 1 N–H and O–H groups in total. The molecule has 0 saturated carbocycles. The average molecular weight is 324 g/mol. The number of nitrogens with zero attached hydrogens (tertiary/aromatic N) is 3. The van der Waals surface area contributed by atoms with Gasteiger partial charge in [-0.25, -0.2) is 4.68 Å². The van der Waals surface area contributed by atoms with Gasteiger partial charge in [-0.15, -0.1) is 0 Å². The topological polar surface area (TPSA) is 73.0 Å². The van der Waals surface area contributed by atoms with Crippen molar-refractivity contribution in [3.8, 4) is 5.69 Å². The van der Waals surface area contributed by atoms with Crippen LogP contribution in [0.4, 0.5) is 5.82 Å². The predicted molar refractivity (Wildman–Crippen MR) is 91.6 cm³/mol. The van der Waals surface area contributed by atoms with Crippen LogP contribution < -0.4 is 5.32 Å². The maximum Gasteiger partial charge on any atom is 0.277 e. The van der Waals surface area contributed by atoms with Crippen molar-refractivity contribution in [2.24, 2.45) is 0 Å². The van der Waals surface area contributed by atoms with Crippen LogP contribution in [0.3, 0.4) is 0 Å². The lowest BCUT2D eigenvalue weighted by Crippen LogP contribution is -2.13. The fourth-order valence-electron chi connectivity index (χ4n) is 2.45. The lowest BCUT2D eigenvalue weighted by molar-refractivity contribution is 0.102. The van der Waals surface area contributed by atoms with E-state index in [4.69, 9.17) is 4.52 Å². The first-order valence-corrected chi connectivity index (χ1v) is 7.85. The molecule has 0 fully saturated rings. The van der Waals surface area contributed by atoms with Gasteiger partial charge in [0.2, 0.25) is 0 Å². The molecule has 0 bridgehead atoms. The van der Waals surface area contributed by atoms with Crippen molar-refractivity contribution in [3.63, 3.8) is 0 Å². The number of hydrogen-bond acceptors (Lipinski definition) is 4. The summed E-state index contributed by atoms with van der Waals surface area (Å²) in [5, 5.41) is 10.8. The molecule has 1 amide bonds. The number of nitrogens with one attached hydrogen (secondary N) is 1. The van der Waals surface area contributed by atoms with Crippen LogP contribution in [0.1, 0.15) is 47.3 Å². The molecule has 2 heterocycles. The molecular formula is C18H20N4O2. The Morgan fingerprint density at radius 2 is 1.88 bits per heavy atom. The van der Waals surface area contributed by atoms with E-state index in [9.17, 15) is 4.79 Å². The fraction of sp³-hybridized carbons (Fsp3) is 0.278. The quantitative estimate of drug-likeness (QED) is 0.791. The smallest absolute Gasteiger partial charge is 0.277 e. The molecule has 2 aromatic heterocycles. The lowest BCUT2D eigenvalue weighted by Gasteiger charge is -2.08. The molecule has 24 heavy (non-hydrogen) atoms. The molecule has 124 valence electrons. The van der Waals surface area contributed by atoms with E-state index in [2.05, 4.69) is 41.6 Å². The largest absolute Gasteiger partial charge is 0.360 e. The van der Waals surface area contributed by atoms with E-state index in [0.717, 1.165) is 11.4 Å². The number of amides is 1. The van der Waals surface area contributed by atoms with Crippen molar-refractivity contribution in [3.05, 3.63) is 59.1 Å². The number of benzene rings is 1. The zero-order chi connectivity index (χ0) is 17.3. The third-order valence-electron chi connectivity index (χ3n) is 3.79. The zero-order valence-corrected chi connectivity index (χ0v) is 14.2. The Kier molecular flexibility index (Phi) is 4.20. The van der Waals surface area contributed by atoms with Crippen LogP contribution in [-0.2, 0) is 0 Å². The first-order chi connectivity index (χ1) is 11.4. The number of carbonyl (C=O) groups excluding carboxylic acids is 1. The molecule has 0 spiro atoms. The minimum Gasteiger partial charge on any atom is -0.360 e. The summed E-state index contributed by atoms with van der Waals surface area (Å²) in [5.74, 6) is 1.18. The maximum absolute atomic E-state index is 12.3. The van der Waals surface area contributed by atoms with Crippen molar-refractivity contribution in [2.75, 3.05) is 5.32 Å². The van der Waals surface area contributed by atoms with E-state index in [1.165, 1.54) is 5.56 Å². The van der Waals surface area contributed by atoms with Gasteiger partial charge >= 0.3 is 0 Å². The second kappa shape index (κ2) is 6.31. The van der Waals surface area contributed by atoms with E-state index in [1.807, 2.05) is 19.1 Å². The Hall–Kier alpha value is -2.89. The SMILES string of the molecule is Cc1cc(NC(=O)c2cc(C)n(-c3ccc(C(C)C)cc3)n2)no1. The Balaban J connectivity index is 1.83. The fourth-order valence-corrected chi connectivity index (χ4v) is 2.45. The van der Waals surface area contributed by atoms with Gasteiger partial charge in [0.1, 0.15) is 5.76 Å². The van der Waals surface area contributed by atoms with Gasteiger partial charge in [0, 0.05) is 11.8 Å². The number of aryl methyl sites for hydroxylation is 2. The van der Waals surface area contributed by atoms with Crippen LogP contribution in [0.5, 0.6) is 0 Å². The molecule has 0 aliphatic carbocycles. The predicted octanol–water partition coefficient (Wildman–Crippen LogP) is 3.85. The summed E-state index contributed by atoms with van der Waals surface area (Å²) < 4.78 is 6.70. The number of hydrogen-bond donors (Lipinski definition) is 1. The first kappa shape index (κ1) is 16.0. The monoisotopic (exact) mass is 324 g/mol. The minimum atomic E-state index is -0.316. The van der Waals surface area contributed by atoms with Crippen molar-refractivity contribution in [1.29, 1.82) is 0 Å². The minimum absolute atomic E-state index is 0.316. The zero-order valence-electron chi connectivity index (χ0n) is 14.2. The molecule has 0 unspecified atom stereocenters. The number of anilines is 1. The van der Waals surface area contributed by atoms with Gasteiger partial charge in [-0.1, -0.05) is 31.1 Å². The van der Waals surface area contributed by atoms with Crippen LogP contribution in [-0.4, -0.2) is 20.8 Å². The summed E-state index contributed by atoms with van der Waals surface area (Å²) in [6, 6.07) is 11.6. The molecule has 0 saturated heterocycles. The van der Waals surface area contributed by atoms with Gasteiger partial charge in [-0.05, 0) is 43.5 Å². The van der Waals surface area contributed by atoms with Crippen molar-refractivity contribution in [2.45, 2.75) is 33.6 Å². The second-order valence-corrected chi connectivity index (χ2v) is 6.11. The van der Waals surface area contributed by atoms with Crippen molar-refractivity contribution < 1.29 is 9.32 Å². The highest BCUT2D eigenvalue weighted by atomic mass is 16.5. The second-order valence-electron chi connectivity index (χ2n) is 6.11. The van der Waals surface area contributed by atoms with Crippen LogP contribution in [0, 0.1) is 13.8 Å². The first-order valence-electron chi connectivity index (χ1n) is 7.85. The molecule has 6 heteroatoms. The molecule has 0 atom stereocenters. The van der Waals surface area contributed by atoms with Gasteiger partial charge in [-0.2, -0.15) is 5.10 Å². The van der Waals surface area contributed by atoms with Gasteiger partial charge in [0.15, 0.2) is 11.5 Å². The summed E-state index contributed by atoms with van der Waals surface area (Å²) in [6.07, 6.45) is 0.